The van der Waals surface area contributed by atoms with Crippen molar-refractivity contribution in [3.05, 3.63) is 35.6 Å². The van der Waals surface area contributed by atoms with E-state index in [2.05, 4.69) is 15.5 Å². The maximum atomic E-state index is 13.1. The van der Waals surface area contributed by atoms with Crippen LogP contribution in [0.2, 0.25) is 0 Å². The van der Waals surface area contributed by atoms with Crippen LogP contribution in [-0.4, -0.2) is 43.4 Å². The molecular weight excluding hydrogens is 321 g/mol. The van der Waals surface area contributed by atoms with Crippen molar-refractivity contribution in [1.29, 1.82) is 0 Å². The number of benzene rings is 1. The summed E-state index contributed by atoms with van der Waals surface area (Å²) in [6.07, 6.45) is 1.55. The van der Waals surface area contributed by atoms with Gasteiger partial charge in [0.2, 0.25) is 11.8 Å². The molecule has 1 aromatic carbocycles. The van der Waals surface area contributed by atoms with Crippen molar-refractivity contribution in [2.24, 2.45) is 11.8 Å². The molecule has 0 aromatic heterocycles. The minimum absolute atomic E-state index is 0.0404. The third-order valence-electron chi connectivity index (χ3n) is 4.78. The number of piperidine rings is 1. The number of hydrogen-bond donors (Lipinski definition) is 2. The van der Waals surface area contributed by atoms with Crippen LogP contribution >= 0.6 is 0 Å². The molecule has 1 aromatic rings. The van der Waals surface area contributed by atoms with E-state index in [0.29, 0.717) is 6.54 Å². The van der Waals surface area contributed by atoms with Crippen molar-refractivity contribution in [3.63, 3.8) is 0 Å². The Balaban J connectivity index is 1.88. The molecule has 1 atom stereocenters. The second-order valence-electron chi connectivity index (χ2n) is 7.01. The highest BCUT2D eigenvalue weighted by Crippen LogP contribution is 2.22. The summed E-state index contributed by atoms with van der Waals surface area (Å²) in [7, 11) is 1.66. The van der Waals surface area contributed by atoms with Gasteiger partial charge in [-0.2, -0.15) is 0 Å². The molecule has 1 aliphatic rings. The van der Waals surface area contributed by atoms with Crippen molar-refractivity contribution in [2.75, 3.05) is 26.7 Å². The maximum absolute atomic E-state index is 13.1. The summed E-state index contributed by atoms with van der Waals surface area (Å²) in [6, 6.07) is 6.13. The van der Waals surface area contributed by atoms with Crippen LogP contribution in [0.25, 0.3) is 0 Å². The third kappa shape index (κ3) is 5.53. The molecule has 25 heavy (non-hydrogen) atoms. The first kappa shape index (κ1) is 19.4. The van der Waals surface area contributed by atoms with Crippen LogP contribution in [0.5, 0.6) is 0 Å². The lowest BCUT2D eigenvalue weighted by molar-refractivity contribution is -0.126. The fourth-order valence-corrected chi connectivity index (χ4v) is 3.28. The Morgan fingerprint density at radius 2 is 1.80 bits per heavy atom. The number of rotatable bonds is 6. The van der Waals surface area contributed by atoms with Crippen LogP contribution in [-0.2, 0) is 9.59 Å². The van der Waals surface area contributed by atoms with Crippen molar-refractivity contribution < 1.29 is 14.0 Å². The van der Waals surface area contributed by atoms with Gasteiger partial charge < -0.3 is 10.6 Å². The molecule has 2 amide bonds. The zero-order chi connectivity index (χ0) is 18.4. The molecule has 1 saturated heterocycles. The molecule has 2 N–H and O–H groups in total. The van der Waals surface area contributed by atoms with Crippen LogP contribution in [0.3, 0.4) is 0 Å². The molecular formula is C19H28FN3O2. The van der Waals surface area contributed by atoms with Crippen molar-refractivity contribution in [2.45, 2.75) is 32.7 Å². The van der Waals surface area contributed by atoms with Gasteiger partial charge in [0.25, 0.3) is 0 Å². The Morgan fingerprint density at radius 3 is 2.32 bits per heavy atom. The molecule has 0 spiro atoms. The van der Waals surface area contributed by atoms with Crippen LogP contribution in [0, 0.1) is 17.7 Å². The quantitative estimate of drug-likeness (QED) is 0.827. The Morgan fingerprint density at radius 1 is 1.20 bits per heavy atom. The summed E-state index contributed by atoms with van der Waals surface area (Å²) in [6.45, 7) is 5.87. The van der Waals surface area contributed by atoms with E-state index in [0.717, 1.165) is 31.5 Å². The van der Waals surface area contributed by atoms with E-state index < -0.39 is 0 Å². The zero-order valence-electron chi connectivity index (χ0n) is 15.2. The van der Waals surface area contributed by atoms with Gasteiger partial charge in [0.15, 0.2) is 0 Å². The van der Waals surface area contributed by atoms with Crippen LogP contribution in [0.1, 0.15) is 38.3 Å². The van der Waals surface area contributed by atoms with Crippen LogP contribution < -0.4 is 10.6 Å². The minimum Gasteiger partial charge on any atom is -0.359 e. The fraction of sp³-hybridized carbons (Fsp3) is 0.579. The maximum Gasteiger partial charge on any atom is 0.234 e. The van der Waals surface area contributed by atoms with Gasteiger partial charge in [-0.25, -0.2) is 4.39 Å². The second-order valence-corrected chi connectivity index (χ2v) is 7.01. The molecule has 6 heteroatoms. The summed E-state index contributed by atoms with van der Waals surface area (Å²) in [5.41, 5.74) is 0.906. The van der Waals surface area contributed by atoms with E-state index in [1.54, 1.807) is 19.2 Å². The number of nitrogens with zero attached hydrogens (tertiary/aromatic N) is 1. The number of nitrogens with one attached hydrogen (secondary N) is 2. The van der Waals surface area contributed by atoms with Crippen molar-refractivity contribution in [1.82, 2.24) is 15.5 Å². The van der Waals surface area contributed by atoms with E-state index >= 15 is 0 Å². The molecule has 1 unspecified atom stereocenters. The molecule has 1 aliphatic heterocycles. The van der Waals surface area contributed by atoms with Gasteiger partial charge in [-0.3, -0.25) is 14.5 Å². The van der Waals surface area contributed by atoms with E-state index in [1.807, 2.05) is 13.8 Å². The number of likely N-dealkylation sites (tertiary alicyclic amines) is 1. The minimum atomic E-state index is -0.281. The summed E-state index contributed by atoms with van der Waals surface area (Å²) < 4.78 is 13.1. The Bertz CT molecular complexity index is 581. The lowest BCUT2D eigenvalue weighted by Crippen LogP contribution is -2.45. The van der Waals surface area contributed by atoms with Crippen LogP contribution in [0.15, 0.2) is 24.3 Å². The van der Waals surface area contributed by atoms with E-state index in [-0.39, 0.29) is 35.5 Å². The first-order valence-electron chi connectivity index (χ1n) is 8.89. The van der Waals surface area contributed by atoms with Crippen molar-refractivity contribution >= 4 is 11.8 Å². The first-order chi connectivity index (χ1) is 11.9. The number of carbonyl (C=O) groups excluding carboxylic acids is 2. The molecule has 1 fully saturated rings. The summed E-state index contributed by atoms with van der Waals surface area (Å²) in [4.78, 5) is 26.2. The smallest absolute Gasteiger partial charge is 0.234 e. The number of amides is 2. The van der Waals surface area contributed by atoms with E-state index in [1.165, 1.54) is 12.1 Å². The number of hydrogen-bond acceptors (Lipinski definition) is 3. The Labute approximate surface area is 149 Å². The molecule has 2 rings (SSSR count). The molecule has 0 aliphatic carbocycles. The van der Waals surface area contributed by atoms with Gasteiger partial charge in [-0.15, -0.1) is 0 Å². The normalized spacial score (nSPS) is 17.3. The largest absolute Gasteiger partial charge is 0.359 e. The van der Waals surface area contributed by atoms with E-state index in [9.17, 15) is 14.0 Å². The third-order valence-corrected chi connectivity index (χ3v) is 4.78. The highest BCUT2D eigenvalue weighted by molar-refractivity contribution is 5.79. The lowest BCUT2D eigenvalue weighted by Gasteiger charge is -2.31. The molecule has 0 bridgehead atoms. The SMILES string of the molecule is CNC(=O)C1CCN(CC(=O)NC(c2ccc(F)cc2)C(C)C)CC1. The second kappa shape index (κ2) is 8.94. The van der Waals surface area contributed by atoms with E-state index in [4.69, 9.17) is 0 Å². The number of carbonyl (C=O) groups is 2. The predicted molar refractivity (Wildman–Crippen MR) is 95.4 cm³/mol. The topological polar surface area (TPSA) is 61.4 Å². The average molecular weight is 349 g/mol. The average Bonchev–Trinajstić information content (AvgIpc) is 2.60. The summed E-state index contributed by atoms with van der Waals surface area (Å²) in [5, 5.41) is 5.75. The van der Waals surface area contributed by atoms with Crippen LogP contribution in [0.4, 0.5) is 4.39 Å². The van der Waals surface area contributed by atoms with Gasteiger partial charge in [-0.05, 0) is 49.5 Å². The summed E-state index contributed by atoms with van der Waals surface area (Å²) >= 11 is 0. The lowest BCUT2D eigenvalue weighted by atomic mass is 9.95. The molecule has 138 valence electrons. The van der Waals surface area contributed by atoms with Gasteiger partial charge in [0.05, 0.1) is 12.6 Å². The summed E-state index contributed by atoms with van der Waals surface area (Å²) in [5.74, 6) is 0.0126. The van der Waals surface area contributed by atoms with Gasteiger partial charge in [0.1, 0.15) is 5.82 Å². The Hall–Kier alpha value is -1.95. The van der Waals surface area contributed by atoms with Crippen molar-refractivity contribution in [3.8, 4) is 0 Å². The highest BCUT2D eigenvalue weighted by atomic mass is 19.1. The molecule has 0 saturated carbocycles. The number of halogens is 1. The highest BCUT2D eigenvalue weighted by Gasteiger charge is 2.26. The standard InChI is InChI=1S/C19H28FN3O2/c1-13(2)18(14-4-6-16(20)7-5-14)22-17(24)12-23-10-8-15(9-11-23)19(25)21-3/h4-7,13,15,18H,8-12H2,1-3H3,(H,21,25)(H,22,24). The molecule has 5 nitrogen and oxygen atoms in total. The fourth-order valence-electron chi connectivity index (χ4n) is 3.28. The zero-order valence-corrected chi connectivity index (χ0v) is 15.2. The molecule has 1 heterocycles. The monoisotopic (exact) mass is 349 g/mol. The Kier molecular flexibility index (Phi) is 6.93. The molecule has 0 radical (unpaired) electrons. The van der Waals surface area contributed by atoms with Gasteiger partial charge in [0, 0.05) is 13.0 Å². The predicted octanol–water partition coefficient (Wildman–Crippen LogP) is 2.10. The van der Waals surface area contributed by atoms with Gasteiger partial charge >= 0.3 is 0 Å². The first-order valence-corrected chi connectivity index (χ1v) is 8.89. The van der Waals surface area contributed by atoms with Gasteiger partial charge in [-0.1, -0.05) is 26.0 Å².